The highest BCUT2D eigenvalue weighted by molar-refractivity contribution is 5.41. The molecular formula is C14H20N2O. The van der Waals surface area contributed by atoms with Crippen LogP contribution in [0.1, 0.15) is 37.4 Å². The molecule has 1 aliphatic heterocycles. The maximum atomic E-state index is 5.73. The van der Waals surface area contributed by atoms with Gasteiger partial charge in [0.05, 0.1) is 6.61 Å². The smallest absolute Gasteiger partial charge is 0.122 e. The van der Waals surface area contributed by atoms with E-state index in [0.717, 1.165) is 18.8 Å². The molecule has 3 rings (SSSR count). The summed E-state index contributed by atoms with van der Waals surface area (Å²) in [7, 11) is 0. The number of ether oxygens (including phenoxy) is 1. The molecule has 0 bridgehead atoms. The fraction of sp³-hybridized carbons (Fsp3) is 0.571. The first kappa shape index (κ1) is 11.1. The molecule has 1 aliphatic carbocycles. The summed E-state index contributed by atoms with van der Waals surface area (Å²) in [6.45, 7) is 5.42. The molecule has 2 atom stereocenters. The number of nitrogens with two attached hydrogens (primary N) is 1. The molecule has 0 spiro atoms. The van der Waals surface area contributed by atoms with Gasteiger partial charge in [-0.05, 0) is 34.9 Å². The predicted molar refractivity (Wildman–Crippen MR) is 67.6 cm³/mol. The average Bonchev–Trinajstić information content (AvgIpc) is 2.76. The fourth-order valence-electron chi connectivity index (χ4n) is 2.92. The molecule has 0 amide bonds. The molecule has 1 aromatic carbocycles. The Balaban J connectivity index is 1.87. The Morgan fingerprint density at radius 1 is 1.47 bits per heavy atom. The lowest BCUT2D eigenvalue weighted by Gasteiger charge is -2.18. The molecule has 17 heavy (non-hydrogen) atoms. The zero-order valence-corrected chi connectivity index (χ0v) is 10.5. The largest absolute Gasteiger partial charge is 0.493 e. The van der Waals surface area contributed by atoms with E-state index in [-0.39, 0.29) is 6.04 Å². The van der Waals surface area contributed by atoms with E-state index in [1.807, 2.05) is 0 Å². The van der Waals surface area contributed by atoms with Crippen molar-refractivity contribution in [2.24, 2.45) is 17.2 Å². The summed E-state index contributed by atoms with van der Waals surface area (Å²) in [4.78, 5) is 0. The highest BCUT2D eigenvalue weighted by atomic mass is 16.5. The van der Waals surface area contributed by atoms with E-state index in [2.05, 4.69) is 37.5 Å². The van der Waals surface area contributed by atoms with Crippen molar-refractivity contribution in [1.29, 1.82) is 0 Å². The minimum Gasteiger partial charge on any atom is -0.493 e. The fourth-order valence-corrected chi connectivity index (χ4v) is 2.92. The summed E-state index contributed by atoms with van der Waals surface area (Å²) < 4.78 is 5.53. The van der Waals surface area contributed by atoms with Crippen LogP contribution in [-0.4, -0.2) is 6.61 Å². The molecule has 0 aromatic heterocycles. The van der Waals surface area contributed by atoms with Gasteiger partial charge in [-0.3, -0.25) is 11.3 Å². The van der Waals surface area contributed by atoms with Crippen molar-refractivity contribution in [1.82, 2.24) is 5.43 Å². The van der Waals surface area contributed by atoms with Gasteiger partial charge in [-0.15, -0.1) is 0 Å². The van der Waals surface area contributed by atoms with Crippen molar-refractivity contribution < 1.29 is 4.74 Å². The van der Waals surface area contributed by atoms with Crippen LogP contribution >= 0.6 is 0 Å². The Morgan fingerprint density at radius 2 is 2.24 bits per heavy atom. The van der Waals surface area contributed by atoms with E-state index in [4.69, 9.17) is 10.6 Å². The van der Waals surface area contributed by atoms with Crippen molar-refractivity contribution in [2.45, 2.75) is 32.7 Å². The minimum atomic E-state index is 0.274. The molecule has 3 nitrogen and oxygen atoms in total. The Bertz CT molecular complexity index is 442. The average molecular weight is 232 g/mol. The normalized spacial score (nSPS) is 26.2. The molecule has 0 saturated heterocycles. The first-order valence-corrected chi connectivity index (χ1v) is 6.33. The lowest BCUT2D eigenvalue weighted by atomic mass is 9.95. The van der Waals surface area contributed by atoms with Crippen LogP contribution < -0.4 is 16.0 Å². The van der Waals surface area contributed by atoms with Crippen LogP contribution in [0, 0.1) is 11.3 Å². The molecule has 1 heterocycles. The number of hydrogen-bond acceptors (Lipinski definition) is 3. The molecule has 3 N–H and O–H groups in total. The highest BCUT2D eigenvalue weighted by Gasteiger charge is 2.50. The molecule has 1 saturated carbocycles. The standard InChI is InChI=1S/C14H20N2O/c1-14(2)8-11(14)13(16-15)10-3-4-12-9(7-10)5-6-17-12/h3-4,7,11,13,16H,5-6,8,15H2,1-2H3. The number of fused-ring (bicyclic) bond motifs is 1. The number of hydrogen-bond donors (Lipinski definition) is 2. The third-order valence-corrected chi connectivity index (χ3v) is 4.24. The molecule has 2 unspecified atom stereocenters. The topological polar surface area (TPSA) is 47.3 Å². The monoisotopic (exact) mass is 232 g/mol. The molecule has 2 aliphatic rings. The Morgan fingerprint density at radius 3 is 2.88 bits per heavy atom. The van der Waals surface area contributed by atoms with Gasteiger partial charge in [-0.25, -0.2) is 0 Å². The summed E-state index contributed by atoms with van der Waals surface area (Å²) in [6.07, 6.45) is 2.27. The summed E-state index contributed by atoms with van der Waals surface area (Å²) in [5.74, 6) is 7.42. The van der Waals surface area contributed by atoms with Gasteiger partial charge in [0.2, 0.25) is 0 Å². The molecule has 3 heteroatoms. The van der Waals surface area contributed by atoms with Crippen molar-refractivity contribution in [3.05, 3.63) is 29.3 Å². The van der Waals surface area contributed by atoms with E-state index in [1.54, 1.807) is 0 Å². The summed E-state index contributed by atoms with van der Waals surface area (Å²) >= 11 is 0. The molecule has 92 valence electrons. The van der Waals surface area contributed by atoms with Crippen molar-refractivity contribution in [3.63, 3.8) is 0 Å². The summed E-state index contributed by atoms with van der Waals surface area (Å²) in [6, 6.07) is 6.75. The molecule has 1 fully saturated rings. The zero-order valence-electron chi connectivity index (χ0n) is 10.5. The Labute approximate surface area is 102 Å². The van der Waals surface area contributed by atoms with Crippen LogP contribution in [0.3, 0.4) is 0 Å². The lowest BCUT2D eigenvalue weighted by Crippen LogP contribution is -2.30. The van der Waals surface area contributed by atoms with E-state index < -0.39 is 0 Å². The van der Waals surface area contributed by atoms with Gasteiger partial charge in [0.15, 0.2) is 0 Å². The van der Waals surface area contributed by atoms with E-state index in [9.17, 15) is 0 Å². The summed E-state index contributed by atoms with van der Waals surface area (Å²) in [5.41, 5.74) is 6.03. The Kier molecular flexibility index (Phi) is 2.42. The van der Waals surface area contributed by atoms with Crippen LogP contribution in [0.15, 0.2) is 18.2 Å². The van der Waals surface area contributed by atoms with Crippen LogP contribution in [0.25, 0.3) is 0 Å². The Hall–Kier alpha value is -1.06. The van der Waals surface area contributed by atoms with Gasteiger partial charge in [0.1, 0.15) is 5.75 Å². The van der Waals surface area contributed by atoms with E-state index >= 15 is 0 Å². The van der Waals surface area contributed by atoms with Crippen LogP contribution in [0.4, 0.5) is 0 Å². The van der Waals surface area contributed by atoms with Gasteiger partial charge in [-0.2, -0.15) is 0 Å². The lowest BCUT2D eigenvalue weighted by molar-refractivity contribution is 0.356. The first-order valence-electron chi connectivity index (χ1n) is 6.33. The number of hydrazine groups is 1. The van der Waals surface area contributed by atoms with Gasteiger partial charge in [-0.1, -0.05) is 26.0 Å². The summed E-state index contributed by atoms with van der Waals surface area (Å²) in [5, 5.41) is 0. The maximum Gasteiger partial charge on any atom is 0.122 e. The van der Waals surface area contributed by atoms with Crippen molar-refractivity contribution in [2.75, 3.05) is 6.61 Å². The van der Waals surface area contributed by atoms with Crippen LogP contribution in [-0.2, 0) is 6.42 Å². The third-order valence-electron chi connectivity index (χ3n) is 4.24. The zero-order chi connectivity index (χ0) is 12.0. The number of benzene rings is 1. The molecular weight excluding hydrogens is 212 g/mol. The second-order valence-electron chi connectivity index (χ2n) is 5.91. The van der Waals surface area contributed by atoms with Crippen molar-refractivity contribution in [3.8, 4) is 5.75 Å². The van der Waals surface area contributed by atoms with E-state index in [1.165, 1.54) is 17.5 Å². The van der Waals surface area contributed by atoms with Gasteiger partial charge < -0.3 is 4.74 Å². The number of rotatable bonds is 3. The minimum absolute atomic E-state index is 0.274. The number of nitrogens with one attached hydrogen (secondary N) is 1. The van der Waals surface area contributed by atoms with Crippen LogP contribution in [0.5, 0.6) is 5.75 Å². The van der Waals surface area contributed by atoms with Crippen LogP contribution in [0.2, 0.25) is 0 Å². The second-order valence-corrected chi connectivity index (χ2v) is 5.91. The molecule has 0 radical (unpaired) electrons. The quantitative estimate of drug-likeness (QED) is 0.620. The predicted octanol–water partition coefficient (Wildman–Crippen LogP) is 2.17. The molecule has 1 aromatic rings. The van der Waals surface area contributed by atoms with Gasteiger partial charge in [0.25, 0.3) is 0 Å². The highest BCUT2D eigenvalue weighted by Crippen LogP contribution is 2.57. The second kappa shape index (κ2) is 3.72. The van der Waals surface area contributed by atoms with Gasteiger partial charge in [0, 0.05) is 12.5 Å². The van der Waals surface area contributed by atoms with E-state index in [0.29, 0.717) is 11.3 Å². The maximum absolute atomic E-state index is 5.73. The third kappa shape index (κ3) is 1.83. The SMILES string of the molecule is CC1(C)CC1C(NN)c1ccc2c(c1)CCO2. The van der Waals surface area contributed by atoms with Gasteiger partial charge >= 0.3 is 0 Å². The first-order chi connectivity index (χ1) is 8.12. The van der Waals surface area contributed by atoms with Crippen molar-refractivity contribution >= 4 is 0 Å².